The number of rotatable bonds is 4. The minimum atomic E-state index is -0.566. The Balaban J connectivity index is 2.72. The highest BCUT2D eigenvalue weighted by atomic mass is 16.2. The minimum absolute atomic E-state index is 0.0688. The summed E-state index contributed by atoms with van der Waals surface area (Å²) in [7, 11) is 0. The van der Waals surface area contributed by atoms with Crippen LogP contribution in [0.15, 0.2) is 24.3 Å². The summed E-state index contributed by atoms with van der Waals surface area (Å²) in [4.78, 5) is 22.6. The van der Waals surface area contributed by atoms with Crippen LogP contribution in [0.3, 0.4) is 0 Å². The first-order chi connectivity index (χ1) is 8.02. The van der Waals surface area contributed by atoms with Crippen molar-refractivity contribution in [2.45, 2.75) is 26.3 Å². The van der Waals surface area contributed by atoms with Crippen LogP contribution < -0.4 is 16.4 Å². The zero-order valence-corrected chi connectivity index (χ0v) is 9.99. The van der Waals surface area contributed by atoms with Crippen molar-refractivity contribution in [3.8, 4) is 0 Å². The van der Waals surface area contributed by atoms with Gasteiger partial charge in [-0.3, -0.25) is 9.59 Å². The number of anilines is 2. The molecule has 1 atom stereocenters. The van der Waals surface area contributed by atoms with Crippen LogP contribution in [0.4, 0.5) is 11.4 Å². The molecule has 0 bridgehead atoms. The first-order valence-electron chi connectivity index (χ1n) is 5.49. The van der Waals surface area contributed by atoms with E-state index in [1.807, 2.05) is 0 Å². The number of nitrogens with two attached hydrogens (primary N) is 1. The van der Waals surface area contributed by atoms with E-state index in [1.54, 1.807) is 38.1 Å². The smallest absolute Gasteiger partial charge is 0.240 e. The van der Waals surface area contributed by atoms with Gasteiger partial charge >= 0.3 is 0 Å². The summed E-state index contributed by atoms with van der Waals surface area (Å²) in [5.41, 5.74) is 6.71. The average Bonchev–Trinajstić information content (AvgIpc) is 2.29. The molecule has 0 radical (unpaired) electrons. The zero-order valence-electron chi connectivity index (χ0n) is 9.99. The van der Waals surface area contributed by atoms with Crippen molar-refractivity contribution < 1.29 is 9.59 Å². The van der Waals surface area contributed by atoms with Gasteiger partial charge in [-0.05, 0) is 25.1 Å². The fraction of sp³-hybridized carbons (Fsp3) is 0.333. The Labute approximate surface area is 100 Å². The van der Waals surface area contributed by atoms with Crippen LogP contribution in [0.2, 0.25) is 0 Å². The summed E-state index contributed by atoms with van der Waals surface area (Å²) in [6.07, 6.45) is 0.413. The number of hydrogen-bond donors (Lipinski definition) is 3. The number of carbonyl (C=O) groups excluding carboxylic acids is 2. The van der Waals surface area contributed by atoms with E-state index in [-0.39, 0.29) is 11.8 Å². The van der Waals surface area contributed by atoms with Gasteiger partial charge in [0.2, 0.25) is 11.8 Å². The van der Waals surface area contributed by atoms with Gasteiger partial charge in [0.25, 0.3) is 0 Å². The maximum atomic E-state index is 11.4. The van der Waals surface area contributed by atoms with Crippen LogP contribution in [-0.4, -0.2) is 17.9 Å². The predicted octanol–water partition coefficient (Wildman–Crippen LogP) is 1.32. The monoisotopic (exact) mass is 235 g/mol. The third-order valence-corrected chi connectivity index (χ3v) is 2.15. The lowest BCUT2D eigenvalue weighted by Crippen LogP contribution is -2.32. The Kier molecular flexibility index (Phi) is 4.66. The highest BCUT2D eigenvalue weighted by Crippen LogP contribution is 2.15. The Morgan fingerprint density at radius 1 is 1.29 bits per heavy atom. The normalized spacial score (nSPS) is 11.7. The molecule has 4 N–H and O–H groups in total. The lowest BCUT2D eigenvalue weighted by molar-refractivity contribution is -0.117. The Hall–Kier alpha value is -1.88. The van der Waals surface area contributed by atoms with Crippen LogP contribution in [0.5, 0.6) is 0 Å². The molecule has 92 valence electrons. The van der Waals surface area contributed by atoms with Gasteiger partial charge in [0.15, 0.2) is 0 Å². The van der Waals surface area contributed by atoms with Crippen LogP contribution in [-0.2, 0) is 9.59 Å². The highest BCUT2D eigenvalue weighted by molar-refractivity contribution is 5.96. The summed E-state index contributed by atoms with van der Waals surface area (Å²) in [6.45, 7) is 3.38. The number of hydrogen-bond acceptors (Lipinski definition) is 3. The van der Waals surface area contributed by atoms with Gasteiger partial charge in [-0.25, -0.2) is 0 Å². The molecule has 0 heterocycles. The maximum absolute atomic E-state index is 11.4. The first-order valence-corrected chi connectivity index (χ1v) is 5.49. The first kappa shape index (κ1) is 13.2. The molecule has 17 heavy (non-hydrogen) atoms. The van der Waals surface area contributed by atoms with Crippen molar-refractivity contribution in [3.05, 3.63) is 24.3 Å². The van der Waals surface area contributed by atoms with Crippen LogP contribution >= 0.6 is 0 Å². The van der Waals surface area contributed by atoms with Crippen molar-refractivity contribution in [2.24, 2.45) is 5.73 Å². The van der Waals surface area contributed by atoms with Gasteiger partial charge in [-0.15, -0.1) is 0 Å². The molecule has 2 amide bonds. The highest BCUT2D eigenvalue weighted by Gasteiger charge is 2.07. The third kappa shape index (κ3) is 4.24. The molecule has 1 aromatic carbocycles. The minimum Gasteiger partial charge on any atom is -0.326 e. The molecule has 5 nitrogen and oxygen atoms in total. The van der Waals surface area contributed by atoms with Gasteiger partial charge in [-0.2, -0.15) is 0 Å². The van der Waals surface area contributed by atoms with Crippen molar-refractivity contribution in [1.29, 1.82) is 0 Å². The number of amides is 2. The summed E-state index contributed by atoms with van der Waals surface area (Å²) < 4.78 is 0. The number of benzene rings is 1. The fourth-order valence-electron chi connectivity index (χ4n) is 1.18. The average molecular weight is 235 g/mol. The standard InChI is InChI=1S/C12H17N3O2/c1-3-11(16)14-9-5-4-6-10(7-9)15-12(17)8(2)13/h4-8H,3,13H2,1-2H3,(H,14,16)(H,15,17)/t8-/m1/s1. The number of nitrogens with one attached hydrogen (secondary N) is 2. The van der Waals surface area contributed by atoms with E-state index in [0.717, 1.165) is 0 Å². The second kappa shape index (κ2) is 6.00. The molecule has 0 aliphatic carbocycles. The SMILES string of the molecule is CCC(=O)Nc1cccc(NC(=O)[C@@H](C)N)c1. The largest absolute Gasteiger partial charge is 0.326 e. The van der Waals surface area contributed by atoms with Crippen molar-refractivity contribution in [1.82, 2.24) is 0 Å². The van der Waals surface area contributed by atoms with Crippen molar-refractivity contribution in [3.63, 3.8) is 0 Å². The quantitative estimate of drug-likeness (QED) is 0.735. The van der Waals surface area contributed by atoms with Crippen LogP contribution in [0, 0.1) is 0 Å². The van der Waals surface area contributed by atoms with E-state index in [9.17, 15) is 9.59 Å². The molecule has 0 saturated carbocycles. The molecule has 0 spiro atoms. The topological polar surface area (TPSA) is 84.2 Å². The molecule has 0 aliphatic heterocycles. The van der Waals surface area contributed by atoms with Gasteiger partial charge in [0.05, 0.1) is 6.04 Å². The van der Waals surface area contributed by atoms with E-state index >= 15 is 0 Å². The molecule has 0 unspecified atom stereocenters. The molecular weight excluding hydrogens is 218 g/mol. The molecule has 1 rings (SSSR count). The molecular formula is C12H17N3O2. The Morgan fingerprint density at radius 3 is 2.41 bits per heavy atom. The summed E-state index contributed by atoms with van der Waals surface area (Å²) >= 11 is 0. The van der Waals surface area contributed by atoms with Gasteiger partial charge in [0.1, 0.15) is 0 Å². The van der Waals surface area contributed by atoms with Gasteiger partial charge in [0, 0.05) is 17.8 Å². The number of carbonyl (C=O) groups is 2. The van der Waals surface area contributed by atoms with Gasteiger partial charge in [-0.1, -0.05) is 13.0 Å². The lowest BCUT2D eigenvalue weighted by atomic mass is 10.2. The van der Waals surface area contributed by atoms with E-state index in [1.165, 1.54) is 0 Å². The van der Waals surface area contributed by atoms with Crippen LogP contribution in [0.1, 0.15) is 20.3 Å². The predicted molar refractivity (Wildman–Crippen MR) is 67.6 cm³/mol. The summed E-state index contributed by atoms with van der Waals surface area (Å²) in [5.74, 6) is -0.329. The van der Waals surface area contributed by atoms with E-state index in [0.29, 0.717) is 17.8 Å². The molecule has 0 fully saturated rings. The van der Waals surface area contributed by atoms with E-state index in [4.69, 9.17) is 5.73 Å². The van der Waals surface area contributed by atoms with E-state index in [2.05, 4.69) is 10.6 Å². The molecule has 1 aromatic rings. The molecule has 0 aliphatic rings. The fourth-order valence-corrected chi connectivity index (χ4v) is 1.18. The molecule has 5 heteroatoms. The van der Waals surface area contributed by atoms with Crippen molar-refractivity contribution in [2.75, 3.05) is 10.6 Å². The van der Waals surface area contributed by atoms with E-state index < -0.39 is 6.04 Å². The van der Waals surface area contributed by atoms with Crippen LogP contribution in [0.25, 0.3) is 0 Å². The Morgan fingerprint density at radius 2 is 1.88 bits per heavy atom. The third-order valence-electron chi connectivity index (χ3n) is 2.15. The maximum Gasteiger partial charge on any atom is 0.240 e. The summed E-state index contributed by atoms with van der Waals surface area (Å²) in [5, 5.41) is 5.37. The Bertz CT molecular complexity index is 416. The second-order valence-corrected chi connectivity index (χ2v) is 3.76. The lowest BCUT2D eigenvalue weighted by Gasteiger charge is -2.09. The summed E-state index contributed by atoms with van der Waals surface area (Å²) in [6, 6.07) is 6.37. The zero-order chi connectivity index (χ0) is 12.8. The van der Waals surface area contributed by atoms with Gasteiger partial charge < -0.3 is 16.4 Å². The second-order valence-electron chi connectivity index (χ2n) is 3.76. The van der Waals surface area contributed by atoms with Crippen molar-refractivity contribution >= 4 is 23.2 Å². The molecule has 0 aromatic heterocycles. The molecule has 0 saturated heterocycles.